The summed E-state index contributed by atoms with van der Waals surface area (Å²) in [5.41, 5.74) is 11.6. The number of furan rings is 1. The molecule has 7 aromatic carbocycles. The van der Waals surface area contributed by atoms with Crippen LogP contribution in [-0.2, 0) is 0 Å². The Labute approximate surface area is 294 Å². The molecule has 0 spiro atoms. The first-order chi connectivity index (χ1) is 25.2. The van der Waals surface area contributed by atoms with Gasteiger partial charge in [0.1, 0.15) is 11.1 Å². The van der Waals surface area contributed by atoms with Crippen LogP contribution in [0.15, 0.2) is 180 Å². The molecule has 0 aliphatic heterocycles. The van der Waals surface area contributed by atoms with Crippen LogP contribution in [0.5, 0.6) is 0 Å². The molecular formula is C47H29N3O. The first kappa shape index (κ1) is 29.0. The quantitative estimate of drug-likeness (QED) is 0.174. The Morgan fingerprint density at radius 3 is 1.86 bits per heavy atom. The van der Waals surface area contributed by atoms with Gasteiger partial charge >= 0.3 is 0 Å². The van der Waals surface area contributed by atoms with Crippen LogP contribution >= 0.6 is 0 Å². The fourth-order valence-corrected chi connectivity index (χ4v) is 7.24. The minimum atomic E-state index is 0.687. The number of rotatable bonds is 5. The number of aromatic nitrogens is 3. The molecular weight excluding hydrogens is 623 g/mol. The van der Waals surface area contributed by atoms with Crippen molar-refractivity contribution in [3.05, 3.63) is 176 Å². The van der Waals surface area contributed by atoms with E-state index in [0.717, 1.165) is 66.8 Å². The Hall–Kier alpha value is -6.91. The maximum atomic E-state index is 6.15. The van der Waals surface area contributed by atoms with E-state index in [1.54, 1.807) is 0 Å². The number of nitrogens with zero attached hydrogens (tertiary/aromatic N) is 3. The monoisotopic (exact) mass is 651 g/mol. The second-order valence-electron chi connectivity index (χ2n) is 12.8. The Balaban J connectivity index is 1.25. The van der Waals surface area contributed by atoms with E-state index in [1.807, 2.05) is 54.7 Å². The van der Waals surface area contributed by atoms with Crippen molar-refractivity contribution in [3.63, 3.8) is 0 Å². The Kier molecular flexibility index (Phi) is 6.78. The molecule has 10 aromatic rings. The SMILES string of the molecule is c1ccc(-c2cc(-c3cc(-c4ccc5oc6cccnc6c5c4)cc(-c4cc5ccccc5c5ccccc45)c3)nc(-c3ccccc3)n2)cc1. The number of hydrogen-bond donors (Lipinski definition) is 0. The van der Waals surface area contributed by atoms with Gasteiger partial charge in [-0.3, -0.25) is 4.98 Å². The van der Waals surface area contributed by atoms with Crippen molar-refractivity contribution in [2.24, 2.45) is 0 Å². The second-order valence-corrected chi connectivity index (χ2v) is 12.8. The zero-order chi connectivity index (χ0) is 33.7. The molecule has 4 nitrogen and oxygen atoms in total. The minimum Gasteiger partial charge on any atom is -0.454 e. The third kappa shape index (κ3) is 5.13. The van der Waals surface area contributed by atoms with E-state index in [9.17, 15) is 0 Å². The van der Waals surface area contributed by atoms with Crippen LogP contribution in [0.4, 0.5) is 0 Å². The van der Waals surface area contributed by atoms with Crippen molar-refractivity contribution < 1.29 is 4.42 Å². The van der Waals surface area contributed by atoms with Crippen molar-refractivity contribution in [2.45, 2.75) is 0 Å². The van der Waals surface area contributed by atoms with E-state index in [2.05, 4.69) is 126 Å². The number of hydrogen-bond acceptors (Lipinski definition) is 4. The summed E-state index contributed by atoms with van der Waals surface area (Å²) in [6.45, 7) is 0. The molecule has 3 heterocycles. The summed E-state index contributed by atoms with van der Waals surface area (Å²) in [4.78, 5) is 15.0. The predicted molar refractivity (Wildman–Crippen MR) is 209 cm³/mol. The van der Waals surface area contributed by atoms with E-state index in [0.29, 0.717) is 5.82 Å². The summed E-state index contributed by atoms with van der Waals surface area (Å²) in [6, 6.07) is 59.4. The first-order valence-corrected chi connectivity index (χ1v) is 17.1. The van der Waals surface area contributed by atoms with Gasteiger partial charge in [-0.2, -0.15) is 0 Å². The van der Waals surface area contributed by atoms with Crippen LogP contribution in [0.25, 0.3) is 99.8 Å². The molecule has 0 N–H and O–H groups in total. The average molecular weight is 652 g/mol. The number of benzene rings is 7. The summed E-state index contributed by atoms with van der Waals surface area (Å²) in [5.74, 6) is 0.687. The normalized spacial score (nSPS) is 11.5. The molecule has 0 amide bonds. The summed E-state index contributed by atoms with van der Waals surface area (Å²) in [5, 5.41) is 5.88. The van der Waals surface area contributed by atoms with Crippen LogP contribution < -0.4 is 0 Å². The fraction of sp³-hybridized carbons (Fsp3) is 0. The van der Waals surface area contributed by atoms with E-state index in [1.165, 1.54) is 27.1 Å². The molecule has 238 valence electrons. The maximum Gasteiger partial charge on any atom is 0.160 e. The molecule has 0 bridgehead atoms. The highest BCUT2D eigenvalue weighted by Gasteiger charge is 2.17. The summed E-state index contributed by atoms with van der Waals surface area (Å²) < 4.78 is 6.15. The van der Waals surface area contributed by atoms with Gasteiger partial charge in [0.15, 0.2) is 11.4 Å². The van der Waals surface area contributed by atoms with Gasteiger partial charge in [-0.15, -0.1) is 0 Å². The lowest BCUT2D eigenvalue weighted by molar-refractivity contribution is 0.668. The van der Waals surface area contributed by atoms with Gasteiger partial charge < -0.3 is 4.42 Å². The van der Waals surface area contributed by atoms with Gasteiger partial charge in [-0.25, -0.2) is 9.97 Å². The van der Waals surface area contributed by atoms with E-state index < -0.39 is 0 Å². The van der Waals surface area contributed by atoms with Gasteiger partial charge in [-0.1, -0.05) is 115 Å². The topological polar surface area (TPSA) is 51.8 Å². The molecule has 0 saturated heterocycles. The Morgan fingerprint density at radius 1 is 0.373 bits per heavy atom. The van der Waals surface area contributed by atoms with Crippen LogP contribution in [-0.4, -0.2) is 15.0 Å². The van der Waals surface area contributed by atoms with Crippen LogP contribution in [0.1, 0.15) is 0 Å². The van der Waals surface area contributed by atoms with Crippen molar-refractivity contribution in [1.29, 1.82) is 0 Å². The molecule has 0 radical (unpaired) electrons. The highest BCUT2D eigenvalue weighted by Crippen LogP contribution is 2.40. The lowest BCUT2D eigenvalue weighted by atomic mass is 9.89. The third-order valence-electron chi connectivity index (χ3n) is 9.69. The maximum absolute atomic E-state index is 6.15. The van der Waals surface area contributed by atoms with Crippen molar-refractivity contribution in [2.75, 3.05) is 0 Å². The van der Waals surface area contributed by atoms with Gasteiger partial charge in [-0.05, 0) is 98.4 Å². The molecule has 0 aliphatic carbocycles. The van der Waals surface area contributed by atoms with E-state index in [4.69, 9.17) is 14.4 Å². The van der Waals surface area contributed by atoms with Gasteiger partial charge in [0.2, 0.25) is 0 Å². The summed E-state index contributed by atoms with van der Waals surface area (Å²) in [7, 11) is 0. The molecule has 10 rings (SSSR count). The molecule has 0 aliphatic rings. The van der Waals surface area contributed by atoms with E-state index in [-0.39, 0.29) is 0 Å². The van der Waals surface area contributed by atoms with Gasteiger partial charge in [0, 0.05) is 28.3 Å². The summed E-state index contributed by atoms with van der Waals surface area (Å²) >= 11 is 0. The van der Waals surface area contributed by atoms with Crippen LogP contribution in [0.3, 0.4) is 0 Å². The highest BCUT2D eigenvalue weighted by molar-refractivity contribution is 6.14. The van der Waals surface area contributed by atoms with Crippen LogP contribution in [0, 0.1) is 0 Å². The standard InChI is InChI=1S/C47H29N3O/c1-3-12-30(13-4-1)42-29-43(50-47(49-42)31-14-5-2-6-15-31)36-25-34(32-21-22-44-41(27-32)46-45(51-44)20-11-23-48-46)24-35(26-36)40-28-33-16-7-8-17-37(33)38-18-9-10-19-39(38)40/h1-29H. The fourth-order valence-electron chi connectivity index (χ4n) is 7.24. The lowest BCUT2D eigenvalue weighted by Gasteiger charge is -2.15. The number of fused-ring (bicyclic) bond motifs is 6. The largest absolute Gasteiger partial charge is 0.454 e. The number of pyridine rings is 1. The molecule has 0 atom stereocenters. The van der Waals surface area contributed by atoms with Crippen molar-refractivity contribution >= 4 is 43.6 Å². The van der Waals surface area contributed by atoms with Gasteiger partial charge in [0.05, 0.1) is 11.4 Å². The molecule has 3 aromatic heterocycles. The Bertz CT molecular complexity index is 2860. The van der Waals surface area contributed by atoms with Crippen molar-refractivity contribution in [1.82, 2.24) is 15.0 Å². The molecule has 0 saturated carbocycles. The molecule has 0 fully saturated rings. The molecule has 0 unspecified atom stereocenters. The van der Waals surface area contributed by atoms with Crippen LogP contribution in [0.2, 0.25) is 0 Å². The zero-order valence-corrected chi connectivity index (χ0v) is 27.5. The van der Waals surface area contributed by atoms with E-state index >= 15 is 0 Å². The molecule has 4 heteroatoms. The first-order valence-electron chi connectivity index (χ1n) is 17.1. The van der Waals surface area contributed by atoms with Crippen molar-refractivity contribution in [3.8, 4) is 56.2 Å². The zero-order valence-electron chi connectivity index (χ0n) is 27.5. The summed E-state index contributed by atoms with van der Waals surface area (Å²) in [6.07, 6.45) is 1.82. The lowest BCUT2D eigenvalue weighted by Crippen LogP contribution is -1.96. The smallest absolute Gasteiger partial charge is 0.160 e. The second kappa shape index (κ2) is 11.9. The predicted octanol–water partition coefficient (Wildman–Crippen LogP) is 12.4. The molecule has 51 heavy (non-hydrogen) atoms. The highest BCUT2D eigenvalue weighted by atomic mass is 16.3. The average Bonchev–Trinajstić information content (AvgIpc) is 3.59. The minimum absolute atomic E-state index is 0.687. The Morgan fingerprint density at radius 2 is 1.04 bits per heavy atom. The van der Waals surface area contributed by atoms with Gasteiger partial charge in [0.25, 0.3) is 0 Å². The third-order valence-corrected chi connectivity index (χ3v) is 9.69.